The van der Waals surface area contributed by atoms with Crippen molar-refractivity contribution in [1.82, 2.24) is 15.1 Å². The van der Waals surface area contributed by atoms with Gasteiger partial charge in [-0.2, -0.15) is 0 Å². The predicted octanol–water partition coefficient (Wildman–Crippen LogP) is -0.524. The first-order valence-electron chi connectivity index (χ1n) is 6.87. The topological polar surface area (TPSA) is 61.6 Å². The Labute approximate surface area is 110 Å². The third kappa shape index (κ3) is 2.53. The highest BCUT2D eigenvalue weighted by atomic mass is 16.1. The van der Waals surface area contributed by atoms with E-state index in [1.54, 1.807) is 0 Å². The first-order valence-corrected chi connectivity index (χ1v) is 6.87. The van der Waals surface area contributed by atoms with Crippen molar-refractivity contribution in [3.8, 4) is 0 Å². The molecule has 0 bridgehead atoms. The van der Waals surface area contributed by atoms with Gasteiger partial charge < -0.3 is 16.0 Å². The van der Waals surface area contributed by atoms with Crippen molar-refractivity contribution in [1.29, 1.82) is 0 Å². The van der Waals surface area contributed by atoms with Crippen LogP contribution in [0.15, 0.2) is 0 Å². The van der Waals surface area contributed by atoms with E-state index in [0.717, 1.165) is 32.5 Å². The first kappa shape index (κ1) is 13.8. The van der Waals surface area contributed by atoms with Gasteiger partial charge in [-0.1, -0.05) is 0 Å². The van der Waals surface area contributed by atoms with Crippen LogP contribution in [-0.4, -0.2) is 68.1 Å². The standard InChI is InChI=1S/C13H26N4O/c1-15-13(12(14)18,10-4-5-10)9-17-7-6-11(8-17)16(2)3/h10-11,15H,4-9H2,1-3H3,(H2,14,18). The number of likely N-dealkylation sites (tertiary alicyclic amines) is 1. The maximum absolute atomic E-state index is 11.9. The largest absolute Gasteiger partial charge is 0.368 e. The van der Waals surface area contributed by atoms with Crippen molar-refractivity contribution in [2.24, 2.45) is 11.7 Å². The Morgan fingerprint density at radius 3 is 2.50 bits per heavy atom. The minimum absolute atomic E-state index is 0.194. The summed E-state index contributed by atoms with van der Waals surface area (Å²) < 4.78 is 0. The van der Waals surface area contributed by atoms with E-state index in [0.29, 0.717) is 12.0 Å². The van der Waals surface area contributed by atoms with Gasteiger partial charge in [0.2, 0.25) is 5.91 Å². The van der Waals surface area contributed by atoms with E-state index in [4.69, 9.17) is 5.73 Å². The molecule has 2 atom stereocenters. The third-order valence-corrected chi connectivity index (χ3v) is 4.61. The number of primary amides is 1. The molecule has 1 heterocycles. The number of hydrogen-bond donors (Lipinski definition) is 2. The molecule has 1 saturated heterocycles. The SMILES string of the molecule is CNC(CN1CCC(N(C)C)C1)(C(N)=O)C1CC1. The Morgan fingerprint density at radius 1 is 1.44 bits per heavy atom. The number of carbonyl (C=O) groups is 1. The van der Waals surface area contributed by atoms with Crippen LogP contribution < -0.4 is 11.1 Å². The summed E-state index contributed by atoms with van der Waals surface area (Å²) >= 11 is 0. The molecule has 2 aliphatic rings. The zero-order chi connectivity index (χ0) is 13.3. The van der Waals surface area contributed by atoms with Crippen LogP contribution in [0.3, 0.4) is 0 Å². The zero-order valence-corrected chi connectivity index (χ0v) is 11.8. The van der Waals surface area contributed by atoms with Gasteiger partial charge in [-0.3, -0.25) is 9.69 Å². The lowest BCUT2D eigenvalue weighted by Crippen LogP contribution is -2.62. The Balaban J connectivity index is 2.00. The third-order valence-electron chi connectivity index (χ3n) is 4.61. The summed E-state index contributed by atoms with van der Waals surface area (Å²) in [4.78, 5) is 16.5. The van der Waals surface area contributed by atoms with Gasteiger partial charge in [-0.05, 0) is 52.9 Å². The fourth-order valence-electron chi connectivity index (χ4n) is 3.12. The predicted molar refractivity (Wildman–Crippen MR) is 72.2 cm³/mol. The second-order valence-electron chi connectivity index (χ2n) is 6.00. The van der Waals surface area contributed by atoms with Crippen LogP contribution in [-0.2, 0) is 4.79 Å². The molecule has 0 aromatic heterocycles. The Bertz CT molecular complexity index is 316. The molecule has 2 fully saturated rings. The van der Waals surface area contributed by atoms with E-state index >= 15 is 0 Å². The molecule has 3 N–H and O–H groups in total. The minimum atomic E-state index is -0.513. The van der Waals surface area contributed by atoms with Gasteiger partial charge in [0.1, 0.15) is 5.54 Å². The maximum Gasteiger partial charge on any atom is 0.239 e. The fourth-order valence-corrected chi connectivity index (χ4v) is 3.12. The number of nitrogens with one attached hydrogen (secondary N) is 1. The molecule has 1 aliphatic carbocycles. The van der Waals surface area contributed by atoms with Gasteiger partial charge in [0, 0.05) is 19.1 Å². The molecule has 18 heavy (non-hydrogen) atoms. The average molecular weight is 254 g/mol. The van der Waals surface area contributed by atoms with Crippen molar-refractivity contribution in [3.05, 3.63) is 0 Å². The van der Waals surface area contributed by atoms with Gasteiger partial charge in [0.15, 0.2) is 0 Å². The van der Waals surface area contributed by atoms with Crippen molar-refractivity contribution in [3.63, 3.8) is 0 Å². The van der Waals surface area contributed by atoms with E-state index in [9.17, 15) is 4.79 Å². The van der Waals surface area contributed by atoms with E-state index < -0.39 is 5.54 Å². The van der Waals surface area contributed by atoms with Crippen LogP contribution in [0.2, 0.25) is 0 Å². The molecule has 104 valence electrons. The van der Waals surface area contributed by atoms with Crippen LogP contribution in [0.25, 0.3) is 0 Å². The van der Waals surface area contributed by atoms with Crippen LogP contribution in [0.5, 0.6) is 0 Å². The lowest BCUT2D eigenvalue weighted by atomic mass is 9.91. The summed E-state index contributed by atoms with van der Waals surface area (Å²) in [7, 11) is 6.10. The zero-order valence-electron chi connectivity index (χ0n) is 11.8. The van der Waals surface area contributed by atoms with Gasteiger partial charge in [-0.15, -0.1) is 0 Å². The normalized spacial score (nSPS) is 28.6. The molecule has 0 aromatic carbocycles. The second kappa shape index (κ2) is 5.15. The number of rotatable bonds is 6. The van der Waals surface area contributed by atoms with Gasteiger partial charge >= 0.3 is 0 Å². The lowest BCUT2D eigenvalue weighted by molar-refractivity contribution is -0.126. The summed E-state index contributed by atoms with van der Waals surface area (Å²) in [6, 6.07) is 0.603. The van der Waals surface area contributed by atoms with E-state index in [1.165, 1.54) is 6.42 Å². The smallest absolute Gasteiger partial charge is 0.239 e. The number of amides is 1. The summed E-state index contributed by atoms with van der Waals surface area (Å²) in [5.74, 6) is 0.235. The van der Waals surface area contributed by atoms with Crippen molar-refractivity contribution in [2.75, 3.05) is 40.8 Å². The molecule has 0 aromatic rings. The monoisotopic (exact) mass is 254 g/mol. The maximum atomic E-state index is 11.9. The van der Waals surface area contributed by atoms with Gasteiger partial charge in [0.25, 0.3) is 0 Å². The number of carbonyl (C=O) groups excluding carboxylic acids is 1. The Hall–Kier alpha value is -0.650. The number of likely N-dealkylation sites (N-methyl/N-ethyl adjacent to an activating group) is 2. The fraction of sp³-hybridized carbons (Fsp3) is 0.923. The highest BCUT2D eigenvalue weighted by molar-refractivity contribution is 5.86. The summed E-state index contributed by atoms with van der Waals surface area (Å²) in [6.45, 7) is 2.86. The van der Waals surface area contributed by atoms with Gasteiger partial charge in [-0.25, -0.2) is 0 Å². The summed E-state index contributed by atoms with van der Waals surface area (Å²) in [5.41, 5.74) is 5.14. The van der Waals surface area contributed by atoms with E-state index in [1.807, 2.05) is 7.05 Å². The Morgan fingerprint density at radius 2 is 2.11 bits per heavy atom. The van der Waals surface area contributed by atoms with Gasteiger partial charge in [0.05, 0.1) is 0 Å². The van der Waals surface area contributed by atoms with Crippen molar-refractivity contribution >= 4 is 5.91 Å². The summed E-state index contributed by atoms with van der Waals surface area (Å²) in [6.07, 6.45) is 3.42. The molecular formula is C13H26N4O. The number of nitrogens with zero attached hydrogens (tertiary/aromatic N) is 2. The van der Waals surface area contributed by atoms with Crippen LogP contribution in [0.4, 0.5) is 0 Å². The first-order chi connectivity index (χ1) is 8.49. The molecule has 5 nitrogen and oxygen atoms in total. The average Bonchev–Trinajstić information content (AvgIpc) is 3.05. The molecule has 0 spiro atoms. The Kier molecular flexibility index (Phi) is 3.94. The molecule has 1 saturated carbocycles. The number of hydrogen-bond acceptors (Lipinski definition) is 4. The van der Waals surface area contributed by atoms with Crippen LogP contribution >= 0.6 is 0 Å². The molecule has 0 radical (unpaired) electrons. The van der Waals surface area contributed by atoms with Crippen LogP contribution in [0.1, 0.15) is 19.3 Å². The van der Waals surface area contributed by atoms with Crippen molar-refractivity contribution < 1.29 is 4.79 Å². The molecule has 1 amide bonds. The minimum Gasteiger partial charge on any atom is -0.368 e. The molecule has 2 unspecified atom stereocenters. The van der Waals surface area contributed by atoms with E-state index in [-0.39, 0.29) is 5.91 Å². The van der Waals surface area contributed by atoms with E-state index in [2.05, 4.69) is 29.2 Å². The highest BCUT2D eigenvalue weighted by Gasteiger charge is 2.50. The summed E-state index contributed by atoms with van der Waals surface area (Å²) in [5, 5.41) is 3.22. The lowest BCUT2D eigenvalue weighted by Gasteiger charge is -2.34. The molecule has 2 rings (SSSR count). The van der Waals surface area contributed by atoms with Crippen molar-refractivity contribution in [2.45, 2.75) is 30.8 Å². The quantitative estimate of drug-likeness (QED) is 0.669. The molecule has 1 aliphatic heterocycles. The highest BCUT2D eigenvalue weighted by Crippen LogP contribution is 2.40. The van der Waals surface area contributed by atoms with Crippen LogP contribution in [0, 0.1) is 5.92 Å². The number of nitrogens with two attached hydrogens (primary N) is 1. The molecular weight excluding hydrogens is 228 g/mol. The molecule has 5 heteroatoms. The second-order valence-corrected chi connectivity index (χ2v) is 6.00.